The number of carbonyl (C=O) groups is 2. The lowest BCUT2D eigenvalue weighted by Crippen LogP contribution is -2.64. The number of nitrogens with zero attached hydrogens (tertiary/aromatic N) is 2. The van der Waals surface area contributed by atoms with Gasteiger partial charge in [0.1, 0.15) is 19.0 Å². The molecule has 0 radical (unpaired) electrons. The lowest BCUT2D eigenvalue weighted by molar-refractivity contribution is -0.196. The Morgan fingerprint density at radius 2 is 1.90 bits per heavy atom. The molecule has 4 rings (SSSR count). The molecule has 0 spiro atoms. The number of halogens is 4. The maximum atomic E-state index is 13.2. The van der Waals surface area contributed by atoms with E-state index in [0.29, 0.717) is 25.1 Å². The van der Waals surface area contributed by atoms with Crippen molar-refractivity contribution in [2.24, 2.45) is 5.92 Å². The second kappa shape index (κ2) is 8.62. The summed E-state index contributed by atoms with van der Waals surface area (Å²) in [5, 5.41) is 2.83. The summed E-state index contributed by atoms with van der Waals surface area (Å²) in [5.74, 6) is -1.05. The number of urea groups is 1. The van der Waals surface area contributed by atoms with Crippen molar-refractivity contribution in [3.63, 3.8) is 0 Å². The van der Waals surface area contributed by atoms with E-state index in [-0.39, 0.29) is 49.7 Å². The molecule has 0 bridgehead atoms. The second-order valence-electron chi connectivity index (χ2n) is 8.10. The molecular weight excluding hydrogens is 422 g/mol. The molecule has 3 aliphatic heterocycles. The molecule has 0 saturated carbocycles. The van der Waals surface area contributed by atoms with Crippen LogP contribution in [-0.2, 0) is 14.3 Å². The van der Waals surface area contributed by atoms with Gasteiger partial charge in [0.2, 0.25) is 5.91 Å². The van der Waals surface area contributed by atoms with Crippen molar-refractivity contribution in [3.8, 4) is 0 Å². The van der Waals surface area contributed by atoms with E-state index in [1.54, 1.807) is 9.80 Å². The first kappa shape index (κ1) is 21.8. The third-order valence-electron chi connectivity index (χ3n) is 5.83. The Labute approximate surface area is 176 Å². The lowest BCUT2D eigenvalue weighted by atomic mass is 9.89. The summed E-state index contributed by atoms with van der Waals surface area (Å²) in [4.78, 5) is 27.5. The third-order valence-corrected chi connectivity index (χ3v) is 5.83. The van der Waals surface area contributed by atoms with Gasteiger partial charge in [0, 0.05) is 32.1 Å². The summed E-state index contributed by atoms with van der Waals surface area (Å²) in [6.45, 7) is -0.149. The molecule has 3 amide bonds. The van der Waals surface area contributed by atoms with E-state index in [4.69, 9.17) is 9.47 Å². The number of piperidine rings is 1. The minimum atomic E-state index is -4.49. The summed E-state index contributed by atoms with van der Waals surface area (Å²) in [5.41, 5.74) is 0.436. The van der Waals surface area contributed by atoms with Crippen molar-refractivity contribution >= 4 is 11.9 Å². The van der Waals surface area contributed by atoms with Crippen LogP contribution in [0.15, 0.2) is 24.3 Å². The molecule has 3 atom stereocenters. The standard InChI is InChI=1S/C20H23F4N3O4/c21-14-3-1-12(2-4-14)18(31-11-20(22,23)24)13-7-27(8-13)19(29)26-6-5-16-15(9-26)25-17(28)10-30-16/h1-4,13,15-16,18H,5-11H2,(H,25,28). The van der Waals surface area contributed by atoms with Crippen LogP contribution in [0.2, 0.25) is 0 Å². The predicted octanol–water partition coefficient (Wildman–Crippen LogP) is 2.09. The molecule has 3 saturated heterocycles. The number of morpholine rings is 1. The van der Waals surface area contributed by atoms with Crippen LogP contribution < -0.4 is 5.32 Å². The van der Waals surface area contributed by atoms with Crippen LogP contribution in [-0.4, -0.2) is 79.5 Å². The van der Waals surface area contributed by atoms with Crippen LogP contribution in [0.3, 0.4) is 0 Å². The smallest absolute Gasteiger partial charge is 0.366 e. The zero-order valence-electron chi connectivity index (χ0n) is 16.6. The summed E-state index contributed by atoms with van der Waals surface area (Å²) in [6.07, 6.45) is -4.91. The molecule has 7 nitrogen and oxygen atoms in total. The largest absolute Gasteiger partial charge is 0.411 e. The van der Waals surface area contributed by atoms with Crippen LogP contribution in [0.5, 0.6) is 0 Å². The Balaban J connectivity index is 1.36. The van der Waals surface area contributed by atoms with Gasteiger partial charge in [0.05, 0.1) is 18.2 Å². The minimum absolute atomic E-state index is 0.0195. The van der Waals surface area contributed by atoms with Gasteiger partial charge >= 0.3 is 12.2 Å². The van der Waals surface area contributed by atoms with Gasteiger partial charge in [0.15, 0.2) is 0 Å². The molecule has 170 valence electrons. The van der Waals surface area contributed by atoms with E-state index < -0.39 is 24.7 Å². The Bertz CT molecular complexity index is 814. The average Bonchev–Trinajstić information content (AvgIpc) is 2.68. The van der Waals surface area contributed by atoms with E-state index in [1.807, 2.05) is 0 Å². The number of nitrogens with one attached hydrogen (secondary N) is 1. The highest BCUT2D eigenvalue weighted by atomic mass is 19.4. The van der Waals surface area contributed by atoms with Crippen molar-refractivity contribution < 1.29 is 36.6 Å². The molecular formula is C20H23F4N3O4. The van der Waals surface area contributed by atoms with Gasteiger partial charge in [-0.05, 0) is 24.1 Å². The Hall–Kier alpha value is -2.40. The third kappa shape index (κ3) is 5.09. The molecule has 3 unspecified atom stereocenters. The SMILES string of the molecule is O=C1COC2CCN(C(=O)N3CC(C(OCC(F)(F)F)c4ccc(F)cc4)C3)CC2N1. The number of amides is 3. The molecule has 3 fully saturated rings. The zero-order valence-corrected chi connectivity index (χ0v) is 16.6. The van der Waals surface area contributed by atoms with Crippen LogP contribution in [0.25, 0.3) is 0 Å². The highest BCUT2D eigenvalue weighted by Gasteiger charge is 2.43. The number of ether oxygens (including phenoxy) is 2. The van der Waals surface area contributed by atoms with Crippen molar-refractivity contribution in [2.45, 2.75) is 30.8 Å². The van der Waals surface area contributed by atoms with Crippen molar-refractivity contribution in [2.75, 3.05) is 39.4 Å². The number of rotatable bonds is 4. The molecule has 0 aromatic heterocycles. The number of fused-ring (bicyclic) bond motifs is 1. The van der Waals surface area contributed by atoms with Crippen LogP contribution >= 0.6 is 0 Å². The maximum absolute atomic E-state index is 13.2. The first-order chi connectivity index (χ1) is 14.7. The Morgan fingerprint density at radius 3 is 2.58 bits per heavy atom. The normalized spacial score (nSPS) is 25.5. The Kier molecular flexibility index (Phi) is 6.07. The maximum Gasteiger partial charge on any atom is 0.411 e. The summed E-state index contributed by atoms with van der Waals surface area (Å²) < 4.78 is 61.9. The number of carbonyl (C=O) groups excluding carboxylic acids is 2. The fourth-order valence-electron chi connectivity index (χ4n) is 4.28. The topological polar surface area (TPSA) is 71.1 Å². The monoisotopic (exact) mass is 445 g/mol. The van der Waals surface area contributed by atoms with E-state index in [1.165, 1.54) is 24.3 Å². The number of hydrogen-bond donors (Lipinski definition) is 1. The first-order valence-electron chi connectivity index (χ1n) is 10.1. The predicted molar refractivity (Wildman–Crippen MR) is 99.5 cm³/mol. The fourth-order valence-corrected chi connectivity index (χ4v) is 4.28. The van der Waals surface area contributed by atoms with Crippen LogP contribution in [0, 0.1) is 11.7 Å². The van der Waals surface area contributed by atoms with Crippen LogP contribution in [0.4, 0.5) is 22.4 Å². The fraction of sp³-hybridized carbons (Fsp3) is 0.600. The zero-order chi connectivity index (χ0) is 22.2. The molecule has 11 heteroatoms. The second-order valence-corrected chi connectivity index (χ2v) is 8.10. The molecule has 31 heavy (non-hydrogen) atoms. The van der Waals surface area contributed by atoms with Gasteiger partial charge in [-0.1, -0.05) is 12.1 Å². The van der Waals surface area contributed by atoms with Gasteiger partial charge in [-0.25, -0.2) is 9.18 Å². The molecule has 0 aliphatic carbocycles. The summed E-state index contributed by atoms with van der Waals surface area (Å²) in [6, 6.07) is 4.65. The number of alkyl halides is 3. The van der Waals surface area contributed by atoms with E-state index in [0.717, 1.165) is 0 Å². The molecule has 3 aliphatic rings. The van der Waals surface area contributed by atoms with Gasteiger partial charge in [-0.15, -0.1) is 0 Å². The Morgan fingerprint density at radius 1 is 1.19 bits per heavy atom. The van der Waals surface area contributed by atoms with Crippen molar-refractivity contribution in [3.05, 3.63) is 35.6 Å². The highest BCUT2D eigenvalue weighted by Crippen LogP contribution is 2.35. The summed E-state index contributed by atoms with van der Waals surface area (Å²) in [7, 11) is 0. The van der Waals surface area contributed by atoms with Gasteiger partial charge < -0.3 is 24.6 Å². The summed E-state index contributed by atoms with van der Waals surface area (Å²) >= 11 is 0. The molecule has 1 aromatic rings. The first-order valence-corrected chi connectivity index (χ1v) is 10.1. The van der Waals surface area contributed by atoms with Gasteiger partial charge in [0.25, 0.3) is 0 Å². The van der Waals surface area contributed by atoms with Gasteiger partial charge in [-0.3, -0.25) is 4.79 Å². The molecule has 3 heterocycles. The highest BCUT2D eigenvalue weighted by molar-refractivity contribution is 5.79. The average molecular weight is 445 g/mol. The van der Waals surface area contributed by atoms with Crippen LogP contribution in [0.1, 0.15) is 18.1 Å². The van der Waals surface area contributed by atoms with E-state index in [2.05, 4.69) is 5.32 Å². The van der Waals surface area contributed by atoms with E-state index >= 15 is 0 Å². The minimum Gasteiger partial charge on any atom is -0.366 e. The molecule has 1 aromatic carbocycles. The number of benzene rings is 1. The molecule has 1 N–H and O–H groups in total. The number of hydrogen-bond acceptors (Lipinski definition) is 4. The van der Waals surface area contributed by atoms with Crippen molar-refractivity contribution in [1.29, 1.82) is 0 Å². The van der Waals surface area contributed by atoms with Gasteiger partial charge in [-0.2, -0.15) is 13.2 Å². The van der Waals surface area contributed by atoms with E-state index in [9.17, 15) is 27.2 Å². The lowest BCUT2D eigenvalue weighted by Gasteiger charge is -2.47. The number of likely N-dealkylation sites (tertiary alicyclic amines) is 2. The quantitative estimate of drug-likeness (QED) is 0.721. The van der Waals surface area contributed by atoms with Crippen molar-refractivity contribution in [1.82, 2.24) is 15.1 Å².